The van der Waals surface area contributed by atoms with Gasteiger partial charge in [0.2, 0.25) is 0 Å². The number of ether oxygens (including phenoxy) is 1. The number of likely N-dealkylation sites (N-methyl/N-ethyl adjacent to an activating group) is 1. The third-order valence-corrected chi connectivity index (χ3v) is 9.50. The summed E-state index contributed by atoms with van der Waals surface area (Å²) in [6.45, 7) is 8.22. The zero-order chi connectivity index (χ0) is 32.6. The molecule has 242 valence electrons. The molecular weight excluding hydrogens is 595 g/mol. The number of piperazine rings is 1. The fourth-order valence-electron chi connectivity index (χ4n) is 6.94. The van der Waals surface area contributed by atoms with E-state index in [9.17, 15) is 23.2 Å². The van der Waals surface area contributed by atoms with Crippen LogP contribution in [0.15, 0.2) is 48.6 Å². The molecule has 3 aromatic rings. The van der Waals surface area contributed by atoms with Crippen LogP contribution < -0.4 is 14.5 Å². The van der Waals surface area contributed by atoms with Crippen LogP contribution in [0, 0.1) is 18.3 Å². The summed E-state index contributed by atoms with van der Waals surface area (Å²) in [5.41, 5.74) is 2.67. The van der Waals surface area contributed by atoms with Gasteiger partial charge in [0, 0.05) is 48.9 Å². The van der Waals surface area contributed by atoms with E-state index >= 15 is 0 Å². The van der Waals surface area contributed by atoms with Gasteiger partial charge < -0.3 is 24.3 Å². The molecule has 4 heterocycles. The van der Waals surface area contributed by atoms with Crippen molar-refractivity contribution in [3.63, 3.8) is 0 Å². The first kappa shape index (κ1) is 31.6. The summed E-state index contributed by atoms with van der Waals surface area (Å²) in [6.07, 6.45) is -2.19. The highest BCUT2D eigenvalue weighted by Crippen LogP contribution is 2.36. The Morgan fingerprint density at radius 1 is 1.09 bits per heavy atom. The monoisotopic (exact) mass is 633 g/mol. The van der Waals surface area contributed by atoms with E-state index in [1.807, 2.05) is 11.0 Å². The lowest BCUT2D eigenvalue weighted by Crippen LogP contribution is -2.56. The Balaban J connectivity index is 1.32. The molecule has 2 saturated heterocycles. The second-order valence-electron chi connectivity index (χ2n) is 12.4. The fourth-order valence-corrected chi connectivity index (χ4v) is 6.94. The second-order valence-corrected chi connectivity index (χ2v) is 12.4. The highest BCUT2D eigenvalue weighted by Gasteiger charge is 2.42. The summed E-state index contributed by atoms with van der Waals surface area (Å²) in [5.74, 6) is -0.541. The van der Waals surface area contributed by atoms with Gasteiger partial charge in [-0.05, 0) is 56.8 Å². The van der Waals surface area contributed by atoms with Crippen LogP contribution in [0.3, 0.4) is 0 Å². The molecule has 12 heteroatoms. The van der Waals surface area contributed by atoms with Crippen molar-refractivity contribution in [3.05, 3.63) is 65.4 Å². The number of nitrogens with zero attached hydrogens (tertiary/aromatic N) is 7. The van der Waals surface area contributed by atoms with Crippen molar-refractivity contribution in [1.29, 1.82) is 5.26 Å². The minimum absolute atomic E-state index is 0.00349. The van der Waals surface area contributed by atoms with Gasteiger partial charge in [0.05, 0.1) is 30.8 Å². The second kappa shape index (κ2) is 12.8. The van der Waals surface area contributed by atoms with E-state index in [1.165, 1.54) is 16.3 Å². The molecule has 0 N–H and O–H groups in total. The third kappa shape index (κ3) is 6.20. The van der Waals surface area contributed by atoms with Gasteiger partial charge in [0.1, 0.15) is 18.0 Å². The lowest BCUT2D eigenvalue weighted by Gasteiger charge is -2.42. The summed E-state index contributed by atoms with van der Waals surface area (Å²) in [5, 5.41) is 11.9. The molecular formula is C34H38F3N7O2. The Hall–Kier alpha value is -4.37. The van der Waals surface area contributed by atoms with Gasteiger partial charge in [0.25, 0.3) is 5.91 Å². The number of aryl methyl sites for hydroxylation is 1. The summed E-state index contributed by atoms with van der Waals surface area (Å²) >= 11 is 0. The van der Waals surface area contributed by atoms with Crippen molar-refractivity contribution in [2.45, 2.75) is 57.4 Å². The average Bonchev–Trinajstić information content (AvgIpc) is 3.46. The summed E-state index contributed by atoms with van der Waals surface area (Å²) < 4.78 is 46.3. The molecule has 3 aliphatic rings. The number of carbonyl (C=O) groups excluding carboxylic acids is 1. The highest BCUT2D eigenvalue weighted by molar-refractivity contribution is 5.97. The minimum atomic E-state index is -4.84. The van der Waals surface area contributed by atoms with Crippen molar-refractivity contribution in [3.8, 4) is 12.1 Å². The van der Waals surface area contributed by atoms with Gasteiger partial charge in [-0.25, -0.2) is 0 Å². The van der Waals surface area contributed by atoms with Crippen LogP contribution in [-0.4, -0.2) is 90.3 Å². The van der Waals surface area contributed by atoms with Crippen LogP contribution in [0.1, 0.15) is 36.1 Å². The number of amides is 1. The van der Waals surface area contributed by atoms with Crippen molar-refractivity contribution < 1.29 is 22.7 Å². The Morgan fingerprint density at radius 3 is 2.59 bits per heavy atom. The first-order chi connectivity index (χ1) is 22.0. The van der Waals surface area contributed by atoms with Crippen LogP contribution >= 0.6 is 0 Å². The lowest BCUT2D eigenvalue weighted by molar-refractivity contribution is -0.141. The first-order valence-electron chi connectivity index (χ1n) is 15.7. The van der Waals surface area contributed by atoms with Crippen molar-refractivity contribution >= 4 is 28.2 Å². The molecule has 1 amide bonds. The normalized spacial score (nSPS) is 20.5. The van der Waals surface area contributed by atoms with E-state index < -0.39 is 23.7 Å². The number of carbonyl (C=O) groups is 1. The summed E-state index contributed by atoms with van der Waals surface area (Å²) in [6, 6.07) is 14.4. The predicted molar refractivity (Wildman–Crippen MR) is 170 cm³/mol. The lowest BCUT2D eigenvalue weighted by atomic mass is 9.99. The van der Waals surface area contributed by atoms with Gasteiger partial charge >= 0.3 is 12.2 Å². The zero-order valence-corrected chi connectivity index (χ0v) is 26.2. The van der Waals surface area contributed by atoms with Crippen LogP contribution in [0.4, 0.5) is 24.7 Å². The van der Waals surface area contributed by atoms with Crippen molar-refractivity contribution in [2.24, 2.45) is 0 Å². The number of anilines is 2. The average molecular weight is 634 g/mol. The molecule has 9 nitrogen and oxygen atoms in total. The maximum absolute atomic E-state index is 13.4. The number of likely N-dealkylation sites (tertiary alicyclic amines) is 1. The number of fused-ring (bicyclic) bond motifs is 2. The van der Waals surface area contributed by atoms with Crippen LogP contribution in [0.25, 0.3) is 10.8 Å². The Morgan fingerprint density at radius 2 is 1.87 bits per heavy atom. The van der Waals surface area contributed by atoms with Gasteiger partial charge in [-0.1, -0.05) is 36.9 Å². The molecule has 2 atom stereocenters. The quantitative estimate of drug-likeness (QED) is 0.335. The van der Waals surface area contributed by atoms with Crippen LogP contribution in [0.5, 0.6) is 6.01 Å². The van der Waals surface area contributed by atoms with Gasteiger partial charge in [0.15, 0.2) is 0 Å². The molecule has 6 rings (SSSR count). The van der Waals surface area contributed by atoms with E-state index in [0.29, 0.717) is 25.4 Å². The Bertz CT molecular complexity index is 1680. The molecule has 1 aromatic heterocycles. The number of aromatic nitrogens is 2. The van der Waals surface area contributed by atoms with E-state index in [-0.39, 0.29) is 38.1 Å². The predicted octanol–water partition coefficient (Wildman–Crippen LogP) is 5.02. The summed E-state index contributed by atoms with van der Waals surface area (Å²) in [7, 11) is 2.08. The van der Waals surface area contributed by atoms with Crippen molar-refractivity contribution in [1.82, 2.24) is 19.8 Å². The molecule has 0 unspecified atom stereocenters. The standard InChI is InChI=1S/C34H38F3N7O2/c1-22-7-4-8-24-9-5-11-29(30(22)24)42-16-13-27-28(20-42)39-33(46-21-26-10-6-15-41(26)3)40-31(27)43-17-18-44(25(19-43)12-14-38)32(45)23(2)34(35,36)37/h4-5,7-9,11,25-26H,2,6,10,12-13,15-21H2,1,3H3/t25-,26-/m0/s1. The molecule has 0 aliphatic carbocycles. The maximum Gasteiger partial charge on any atom is 0.421 e. The number of halogens is 3. The zero-order valence-electron chi connectivity index (χ0n) is 26.2. The topological polar surface area (TPSA) is 88.8 Å². The molecule has 46 heavy (non-hydrogen) atoms. The number of benzene rings is 2. The molecule has 2 fully saturated rings. The largest absolute Gasteiger partial charge is 0.462 e. The number of rotatable bonds is 7. The number of hydrogen-bond donors (Lipinski definition) is 0. The maximum atomic E-state index is 13.4. The van der Waals surface area contributed by atoms with E-state index in [2.05, 4.69) is 66.7 Å². The SMILES string of the molecule is C=C(C(=O)N1CCN(c2nc(OC[C@@H]3CCCN3C)nc3c2CCN(c2cccc4cccc(C)c24)C3)C[C@@H]1CC#N)C(F)(F)F. The van der Waals surface area contributed by atoms with Gasteiger partial charge in [-0.2, -0.15) is 28.4 Å². The van der Waals surface area contributed by atoms with E-state index in [4.69, 9.17) is 14.7 Å². The molecule has 3 aliphatic heterocycles. The first-order valence-corrected chi connectivity index (χ1v) is 15.7. The number of nitriles is 1. The van der Waals surface area contributed by atoms with Gasteiger partial charge in [-0.3, -0.25) is 4.79 Å². The number of hydrogen-bond acceptors (Lipinski definition) is 8. The Labute approximate surface area is 266 Å². The molecule has 0 radical (unpaired) electrons. The van der Waals surface area contributed by atoms with E-state index in [1.54, 1.807) is 0 Å². The van der Waals surface area contributed by atoms with Crippen LogP contribution in [0.2, 0.25) is 0 Å². The smallest absolute Gasteiger partial charge is 0.421 e. The molecule has 2 aromatic carbocycles. The van der Waals surface area contributed by atoms with E-state index in [0.717, 1.165) is 47.8 Å². The van der Waals surface area contributed by atoms with Crippen LogP contribution in [-0.2, 0) is 17.8 Å². The minimum Gasteiger partial charge on any atom is -0.462 e. The fraction of sp³-hybridized carbons (Fsp3) is 0.471. The third-order valence-electron chi connectivity index (χ3n) is 9.50. The highest BCUT2D eigenvalue weighted by atomic mass is 19.4. The molecule has 0 saturated carbocycles. The number of alkyl halides is 3. The summed E-state index contributed by atoms with van der Waals surface area (Å²) in [4.78, 5) is 30.3. The molecule has 0 spiro atoms. The molecule has 0 bridgehead atoms. The van der Waals surface area contributed by atoms with Crippen molar-refractivity contribution in [2.75, 3.05) is 56.2 Å². The van der Waals surface area contributed by atoms with Gasteiger partial charge in [-0.15, -0.1) is 0 Å². The Kier molecular flexibility index (Phi) is 8.79.